The number of rotatable bonds is 5. The Morgan fingerprint density at radius 2 is 2.00 bits per heavy atom. The highest BCUT2D eigenvalue weighted by atomic mass is 16.2. The van der Waals surface area contributed by atoms with Crippen LogP contribution < -0.4 is 5.32 Å². The van der Waals surface area contributed by atoms with E-state index in [4.69, 9.17) is 0 Å². The molecule has 1 atom stereocenters. The first kappa shape index (κ1) is 16.3. The third-order valence-corrected chi connectivity index (χ3v) is 5.08. The number of likely N-dealkylation sites (tertiary alicyclic amines) is 1. The van der Waals surface area contributed by atoms with Crippen LogP contribution in [-0.2, 0) is 9.59 Å². The molecule has 1 aliphatic carbocycles. The lowest BCUT2D eigenvalue weighted by Gasteiger charge is -2.36. The molecule has 1 heterocycles. The molecule has 4 heteroatoms. The first-order chi connectivity index (χ1) is 9.93. The quantitative estimate of drug-likeness (QED) is 0.847. The second-order valence-electron chi connectivity index (χ2n) is 7.31. The zero-order chi connectivity index (χ0) is 15.5. The van der Waals surface area contributed by atoms with Crippen LogP contribution in [0.3, 0.4) is 0 Å². The molecule has 0 aromatic rings. The van der Waals surface area contributed by atoms with Gasteiger partial charge in [0.2, 0.25) is 11.8 Å². The number of carbonyl (C=O) groups is 2. The summed E-state index contributed by atoms with van der Waals surface area (Å²) in [7, 11) is 0. The van der Waals surface area contributed by atoms with Gasteiger partial charge in [0, 0.05) is 19.0 Å². The van der Waals surface area contributed by atoms with Crippen molar-refractivity contribution in [3.63, 3.8) is 0 Å². The van der Waals surface area contributed by atoms with Gasteiger partial charge >= 0.3 is 0 Å². The van der Waals surface area contributed by atoms with Crippen LogP contribution in [0.25, 0.3) is 0 Å². The molecule has 4 nitrogen and oxygen atoms in total. The number of hydrogen-bond acceptors (Lipinski definition) is 2. The molecule has 1 saturated heterocycles. The standard InChI is InChI=1S/C17H30N2O2/c1-13(2)10-12-19-15(20)9-11-17(19,3)16(21)18-14-7-5-4-6-8-14/h13-14H,4-12H2,1-3H3,(H,18,21). The third kappa shape index (κ3) is 3.78. The molecule has 1 N–H and O–H groups in total. The number of hydrogen-bond donors (Lipinski definition) is 1. The Kier molecular flexibility index (Phi) is 5.28. The van der Waals surface area contributed by atoms with Gasteiger partial charge in [-0.1, -0.05) is 33.1 Å². The fourth-order valence-corrected chi connectivity index (χ4v) is 3.48. The molecular weight excluding hydrogens is 264 g/mol. The molecule has 0 radical (unpaired) electrons. The van der Waals surface area contributed by atoms with Crippen molar-refractivity contribution in [1.82, 2.24) is 10.2 Å². The van der Waals surface area contributed by atoms with Crippen molar-refractivity contribution in [1.29, 1.82) is 0 Å². The summed E-state index contributed by atoms with van der Waals surface area (Å²) in [5, 5.41) is 3.21. The summed E-state index contributed by atoms with van der Waals surface area (Å²) in [6.07, 6.45) is 7.98. The number of nitrogens with one attached hydrogen (secondary N) is 1. The van der Waals surface area contributed by atoms with E-state index in [1.165, 1.54) is 19.3 Å². The Hall–Kier alpha value is -1.06. The van der Waals surface area contributed by atoms with Crippen molar-refractivity contribution in [3.05, 3.63) is 0 Å². The molecule has 2 fully saturated rings. The maximum Gasteiger partial charge on any atom is 0.245 e. The van der Waals surface area contributed by atoms with Crippen molar-refractivity contribution in [2.75, 3.05) is 6.54 Å². The topological polar surface area (TPSA) is 49.4 Å². The van der Waals surface area contributed by atoms with E-state index in [1.54, 1.807) is 0 Å². The summed E-state index contributed by atoms with van der Waals surface area (Å²) in [6.45, 7) is 6.95. The molecule has 2 aliphatic rings. The first-order valence-corrected chi connectivity index (χ1v) is 8.55. The predicted molar refractivity (Wildman–Crippen MR) is 83.8 cm³/mol. The molecule has 0 aromatic carbocycles. The van der Waals surface area contributed by atoms with Crippen LogP contribution in [0.1, 0.15) is 72.1 Å². The Morgan fingerprint density at radius 1 is 1.33 bits per heavy atom. The Bertz CT molecular complexity index is 388. The average molecular weight is 294 g/mol. The SMILES string of the molecule is CC(C)CCN1C(=O)CCC1(C)C(=O)NC1CCCCC1. The van der Waals surface area contributed by atoms with E-state index in [2.05, 4.69) is 19.2 Å². The maximum absolute atomic E-state index is 12.7. The lowest BCUT2D eigenvalue weighted by atomic mass is 9.92. The highest BCUT2D eigenvalue weighted by molar-refractivity contribution is 5.94. The van der Waals surface area contributed by atoms with Crippen molar-refractivity contribution >= 4 is 11.8 Å². The van der Waals surface area contributed by atoms with Crippen molar-refractivity contribution in [2.24, 2.45) is 5.92 Å². The Labute approximate surface area is 128 Å². The highest BCUT2D eigenvalue weighted by Gasteiger charge is 2.47. The van der Waals surface area contributed by atoms with E-state index in [0.29, 0.717) is 31.3 Å². The van der Waals surface area contributed by atoms with Gasteiger partial charge in [-0.05, 0) is 38.5 Å². The normalized spacial score (nSPS) is 27.4. The van der Waals surface area contributed by atoms with E-state index < -0.39 is 5.54 Å². The van der Waals surface area contributed by atoms with Crippen LogP contribution in [0, 0.1) is 5.92 Å². The monoisotopic (exact) mass is 294 g/mol. The van der Waals surface area contributed by atoms with E-state index in [1.807, 2.05) is 11.8 Å². The Balaban J connectivity index is 1.99. The lowest BCUT2D eigenvalue weighted by Crippen LogP contribution is -2.56. The van der Waals surface area contributed by atoms with Crippen LogP contribution in [0.5, 0.6) is 0 Å². The average Bonchev–Trinajstić information content (AvgIpc) is 2.74. The summed E-state index contributed by atoms with van der Waals surface area (Å²) < 4.78 is 0. The molecular formula is C17H30N2O2. The molecule has 0 bridgehead atoms. The van der Waals surface area contributed by atoms with Gasteiger partial charge in [0.25, 0.3) is 0 Å². The van der Waals surface area contributed by atoms with Gasteiger partial charge in [0.15, 0.2) is 0 Å². The van der Waals surface area contributed by atoms with Crippen LogP contribution in [0.2, 0.25) is 0 Å². The third-order valence-electron chi connectivity index (χ3n) is 5.08. The first-order valence-electron chi connectivity index (χ1n) is 8.55. The van der Waals surface area contributed by atoms with Gasteiger partial charge in [0.05, 0.1) is 0 Å². The van der Waals surface area contributed by atoms with Gasteiger partial charge in [-0.15, -0.1) is 0 Å². The molecule has 0 spiro atoms. The van der Waals surface area contributed by atoms with Crippen molar-refractivity contribution in [3.8, 4) is 0 Å². The predicted octanol–water partition coefficient (Wildman–Crippen LogP) is 2.86. The summed E-state index contributed by atoms with van der Waals surface area (Å²) in [4.78, 5) is 26.7. The second-order valence-corrected chi connectivity index (χ2v) is 7.31. The van der Waals surface area contributed by atoms with Crippen molar-refractivity contribution in [2.45, 2.75) is 83.7 Å². The van der Waals surface area contributed by atoms with Gasteiger partial charge < -0.3 is 10.2 Å². The van der Waals surface area contributed by atoms with E-state index in [9.17, 15) is 9.59 Å². The number of nitrogens with zero attached hydrogens (tertiary/aromatic N) is 1. The molecule has 2 amide bonds. The molecule has 2 rings (SSSR count). The Morgan fingerprint density at radius 3 is 2.62 bits per heavy atom. The fraction of sp³-hybridized carbons (Fsp3) is 0.882. The number of carbonyl (C=O) groups excluding carboxylic acids is 2. The fourth-order valence-electron chi connectivity index (χ4n) is 3.48. The van der Waals surface area contributed by atoms with E-state index in [0.717, 1.165) is 19.3 Å². The van der Waals surface area contributed by atoms with Crippen LogP contribution in [0.4, 0.5) is 0 Å². The minimum Gasteiger partial charge on any atom is -0.351 e. The summed E-state index contributed by atoms with van der Waals surface area (Å²) in [5.41, 5.74) is -0.635. The zero-order valence-corrected chi connectivity index (χ0v) is 13.8. The summed E-state index contributed by atoms with van der Waals surface area (Å²) in [6, 6.07) is 0.311. The van der Waals surface area contributed by atoms with Crippen molar-refractivity contribution < 1.29 is 9.59 Å². The minimum absolute atomic E-state index is 0.0593. The smallest absolute Gasteiger partial charge is 0.245 e. The van der Waals surface area contributed by atoms with Gasteiger partial charge in [0.1, 0.15) is 5.54 Å². The largest absolute Gasteiger partial charge is 0.351 e. The summed E-state index contributed by atoms with van der Waals surface area (Å²) >= 11 is 0. The molecule has 0 aromatic heterocycles. The number of amides is 2. The minimum atomic E-state index is -0.635. The lowest BCUT2D eigenvalue weighted by molar-refractivity contribution is -0.141. The van der Waals surface area contributed by atoms with Gasteiger partial charge in [-0.2, -0.15) is 0 Å². The molecule has 1 aliphatic heterocycles. The molecule has 1 unspecified atom stereocenters. The molecule has 1 saturated carbocycles. The summed E-state index contributed by atoms with van der Waals surface area (Å²) in [5.74, 6) is 0.741. The molecule has 120 valence electrons. The van der Waals surface area contributed by atoms with Gasteiger partial charge in [-0.3, -0.25) is 9.59 Å². The van der Waals surface area contributed by atoms with Crippen LogP contribution in [0.15, 0.2) is 0 Å². The van der Waals surface area contributed by atoms with E-state index >= 15 is 0 Å². The van der Waals surface area contributed by atoms with Crippen LogP contribution in [-0.4, -0.2) is 34.8 Å². The highest BCUT2D eigenvalue weighted by Crippen LogP contribution is 2.31. The van der Waals surface area contributed by atoms with Gasteiger partial charge in [-0.25, -0.2) is 0 Å². The van der Waals surface area contributed by atoms with E-state index in [-0.39, 0.29) is 11.8 Å². The zero-order valence-electron chi connectivity index (χ0n) is 13.8. The molecule has 21 heavy (non-hydrogen) atoms. The maximum atomic E-state index is 12.7. The second kappa shape index (κ2) is 6.80. The van der Waals surface area contributed by atoms with Crippen LogP contribution >= 0.6 is 0 Å².